The van der Waals surface area contributed by atoms with Gasteiger partial charge in [-0.1, -0.05) is 51.1 Å². The van der Waals surface area contributed by atoms with Gasteiger partial charge in [0.05, 0.1) is 6.73 Å². The van der Waals surface area contributed by atoms with Gasteiger partial charge in [0.25, 0.3) is 0 Å². The SMILES string of the molecule is CC(C)(C)[Si](C)(C)OCN1CCCC1c1ccccc1. The van der Waals surface area contributed by atoms with Crippen molar-refractivity contribution in [1.82, 2.24) is 4.90 Å². The lowest BCUT2D eigenvalue weighted by Crippen LogP contribution is -2.44. The van der Waals surface area contributed by atoms with E-state index in [1.54, 1.807) is 0 Å². The van der Waals surface area contributed by atoms with Crippen LogP contribution in [-0.4, -0.2) is 26.5 Å². The van der Waals surface area contributed by atoms with Gasteiger partial charge in [0, 0.05) is 12.6 Å². The summed E-state index contributed by atoms with van der Waals surface area (Å²) >= 11 is 0. The Bertz CT molecular complexity index is 424. The number of likely N-dealkylation sites (tertiary alicyclic amines) is 1. The Kier molecular flexibility index (Phi) is 4.72. The van der Waals surface area contributed by atoms with Crippen LogP contribution in [0.25, 0.3) is 0 Å². The Morgan fingerprint density at radius 2 is 1.85 bits per heavy atom. The lowest BCUT2D eigenvalue weighted by atomic mass is 10.1. The minimum Gasteiger partial charge on any atom is -0.404 e. The maximum Gasteiger partial charge on any atom is 0.193 e. The van der Waals surface area contributed by atoms with E-state index >= 15 is 0 Å². The summed E-state index contributed by atoms with van der Waals surface area (Å²) in [5.74, 6) is 0. The first-order chi connectivity index (χ1) is 9.31. The molecule has 0 saturated carbocycles. The maximum atomic E-state index is 6.39. The van der Waals surface area contributed by atoms with Crippen molar-refractivity contribution in [1.29, 1.82) is 0 Å². The van der Waals surface area contributed by atoms with Gasteiger partial charge in [-0.15, -0.1) is 0 Å². The Morgan fingerprint density at radius 1 is 1.20 bits per heavy atom. The van der Waals surface area contributed by atoms with Gasteiger partial charge >= 0.3 is 0 Å². The number of benzene rings is 1. The van der Waals surface area contributed by atoms with Gasteiger partial charge in [-0.2, -0.15) is 0 Å². The minimum atomic E-state index is -1.64. The summed E-state index contributed by atoms with van der Waals surface area (Å²) in [4.78, 5) is 2.51. The fourth-order valence-electron chi connectivity index (χ4n) is 2.49. The van der Waals surface area contributed by atoms with Gasteiger partial charge in [0.2, 0.25) is 0 Å². The van der Waals surface area contributed by atoms with Crippen LogP contribution in [0.15, 0.2) is 30.3 Å². The van der Waals surface area contributed by atoms with E-state index in [0.717, 1.165) is 13.3 Å². The molecule has 1 aromatic rings. The van der Waals surface area contributed by atoms with Crippen LogP contribution in [0.1, 0.15) is 45.2 Å². The topological polar surface area (TPSA) is 12.5 Å². The van der Waals surface area contributed by atoms with Gasteiger partial charge in [0.15, 0.2) is 8.32 Å². The summed E-state index contributed by atoms with van der Waals surface area (Å²) in [6.45, 7) is 13.5. The largest absolute Gasteiger partial charge is 0.404 e. The quantitative estimate of drug-likeness (QED) is 0.739. The molecule has 0 bridgehead atoms. The molecule has 1 saturated heterocycles. The predicted octanol–water partition coefficient (Wildman–Crippen LogP) is 4.80. The van der Waals surface area contributed by atoms with Crippen LogP contribution in [-0.2, 0) is 4.43 Å². The van der Waals surface area contributed by atoms with E-state index in [9.17, 15) is 0 Å². The molecule has 1 fully saturated rings. The minimum absolute atomic E-state index is 0.287. The molecule has 3 heteroatoms. The van der Waals surface area contributed by atoms with Crippen molar-refractivity contribution in [2.24, 2.45) is 0 Å². The second-order valence-corrected chi connectivity index (χ2v) is 12.2. The van der Waals surface area contributed by atoms with Crippen molar-refractivity contribution >= 4 is 8.32 Å². The molecule has 0 spiro atoms. The first kappa shape index (κ1) is 15.7. The van der Waals surface area contributed by atoms with Gasteiger partial charge in [-0.25, -0.2) is 0 Å². The molecule has 1 unspecified atom stereocenters. The van der Waals surface area contributed by atoms with Crippen molar-refractivity contribution in [3.8, 4) is 0 Å². The highest BCUT2D eigenvalue weighted by atomic mass is 28.4. The molecular formula is C17H29NOSi. The van der Waals surface area contributed by atoms with Crippen LogP contribution in [0.5, 0.6) is 0 Å². The first-order valence-corrected chi connectivity index (χ1v) is 10.6. The smallest absolute Gasteiger partial charge is 0.193 e. The lowest BCUT2D eigenvalue weighted by Gasteiger charge is -2.38. The molecule has 112 valence electrons. The summed E-state index contributed by atoms with van der Waals surface area (Å²) in [7, 11) is -1.64. The lowest BCUT2D eigenvalue weighted by molar-refractivity contribution is 0.103. The van der Waals surface area contributed by atoms with E-state index in [4.69, 9.17) is 4.43 Å². The molecule has 0 N–H and O–H groups in total. The standard InChI is InChI=1S/C17H29NOSi/c1-17(2,3)20(4,5)19-14-18-13-9-12-16(18)15-10-7-6-8-11-15/h6-8,10-11,16H,9,12-14H2,1-5H3. The van der Waals surface area contributed by atoms with E-state index in [2.05, 4.69) is 69.1 Å². The number of hydrogen-bond donors (Lipinski definition) is 0. The molecule has 1 aliphatic rings. The first-order valence-electron chi connectivity index (χ1n) is 7.74. The molecule has 1 heterocycles. The molecule has 1 aliphatic heterocycles. The molecule has 2 nitrogen and oxygen atoms in total. The second kappa shape index (κ2) is 6.00. The van der Waals surface area contributed by atoms with Crippen molar-refractivity contribution in [3.05, 3.63) is 35.9 Å². The molecule has 2 rings (SSSR count). The fraction of sp³-hybridized carbons (Fsp3) is 0.647. The van der Waals surface area contributed by atoms with Crippen LogP contribution in [0, 0.1) is 0 Å². The van der Waals surface area contributed by atoms with Crippen molar-refractivity contribution < 1.29 is 4.43 Å². The van der Waals surface area contributed by atoms with E-state index < -0.39 is 8.32 Å². The van der Waals surface area contributed by atoms with Gasteiger partial charge in [0.1, 0.15) is 0 Å². The highest BCUT2D eigenvalue weighted by molar-refractivity contribution is 6.74. The molecular weight excluding hydrogens is 262 g/mol. The highest BCUT2D eigenvalue weighted by Gasteiger charge is 2.38. The zero-order valence-electron chi connectivity index (χ0n) is 13.6. The summed E-state index contributed by atoms with van der Waals surface area (Å²) in [5.41, 5.74) is 1.43. The van der Waals surface area contributed by atoms with Crippen LogP contribution >= 0.6 is 0 Å². The van der Waals surface area contributed by atoms with Crippen LogP contribution in [0.2, 0.25) is 18.1 Å². The Balaban J connectivity index is 1.99. The van der Waals surface area contributed by atoms with Crippen molar-refractivity contribution in [2.45, 2.75) is 57.8 Å². The molecule has 20 heavy (non-hydrogen) atoms. The third-order valence-corrected chi connectivity index (χ3v) is 9.41. The Hall–Kier alpha value is -0.643. The maximum absolute atomic E-state index is 6.39. The van der Waals surface area contributed by atoms with Crippen LogP contribution in [0.4, 0.5) is 0 Å². The number of hydrogen-bond acceptors (Lipinski definition) is 2. The summed E-state index contributed by atoms with van der Waals surface area (Å²) in [6.07, 6.45) is 2.53. The van der Waals surface area contributed by atoms with Crippen LogP contribution < -0.4 is 0 Å². The van der Waals surface area contributed by atoms with Crippen molar-refractivity contribution in [2.75, 3.05) is 13.3 Å². The van der Waals surface area contributed by atoms with E-state index in [-0.39, 0.29) is 5.04 Å². The molecule has 1 aromatic carbocycles. The highest BCUT2D eigenvalue weighted by Crippen LogP contribution is 2.38. The Labute approximate surface area is 125 Å². The Morgan fingerprint density at radius 3 is 2.45 bits per heavy atom. The summed E-state index contributed by atoms with van der Waals surface area (Å²) < 4.78 is 6.39. The van der Waals surface area contributed by atoms with E-state index in [0.29, 0.717) is 6.04 Å². The van der Waals surface area contributed by atoms with Crippen LogP contribution in [0.3, 0.4) is 0 Å². The normalized spacial score (nSPS) is 21.4. The zero-order valence-corrected chi connectivity index (χ0v) is 14.6. The molecule has 0 amide bonds. The van der Waals surface area contributed by atoms with Crippen molar-refractivity contribution in [3.63, 3.8) is 0 Å². The zero-order chi connectivity index (χ0) is 14.8. The monoisotopic (exact) mass is 291 g/mol. The molecule has 0 radical (unpaired) electrons. The third-order valence-electron chi connectivity index (χ3n) is 4.95. The number of nitrogens with zero attached hydrogens (tertiary/aromatic N) is 1. The fourth-order valence-corrected chi connectivity index (χ4v) is 3.42. The molecule has 0 aliphatic carbocycles. The van der Waals surface area contributed by atoms with Gasteiger partial charge in [-0.05, 0) is 36.5 Å². The van der Waals surface area contributed by atoms with E-state index in [1.165, 1.54) is 18.4 Å². The second-order valence-electron chi connectivity index (χ2n) is 7.41. The van der Waals surface area contributed by atoms with E-state index in [1.807, 2.05) is 0 Å². The van der Waals surface area contributed by atoms with Gasteiger partial charge in [-0.3, -0.25) is 4.90 Å². The molecule has 1 atom stereocenters. The summed E-state index contributed by atoms with van der Waals surface area (Å²) in [6, 6.07) is 11.4. The number of rotatable bonds is 4. The third kappa shape index (κ3) is 3.51. The van der Waals surface area contributed by atoms with Gasteiger partial charge < -0.3 is 4.43 Å². The predicted molar refractivity (Wildman–Crippen MR) is 88.3 cm³/mol. The average molecular weight is 292 g/mol. The summed E-state index contributed by atoms with van der Waals surface area (Å²) in [5, 5.41) is 0.287. The average Bonchev–Trinajstić information content (AvgIpc) is 2.84. The molecule has 0 aromatic heterocycles.